The highest BCUT2D eigenvalue weighted by Crippen LogP contribution is 2.29. The molecule has 0 aromatic carbocycles. The molecule has 0 spiro atoms. The molecule has 1 heterocycles. The summed E-state index contributed by atoms with van der Waals surface area (Å²) in [5.74, 6) is 0.0521. The molecular weight excluding hydrogens is 218 g/mol. The smallest absolute Gasteiger partial charge is 0.253 e. The zero-order valence-corrected chi connectivity index (χ0v) is 11.2. The SMILES string of the molecule is CC1OC(C)(C)N(C[Si](C)(C)Cl)C1=O. The predicted octanol–water partition coefficient (Wildman–Crippen LogP) is 1.95. The van der Waals surface area contributed by atoms with Crippen molar-refractivity contribution < 1.29 is 9.53 Å². The van der Waals surface area contributed by atoms with Gasteiger partial charge in [-0.05, 0) is 20.8 Å². The summed E-state index contributed by atoms with van der Waals surface area (Å²) >= 11 is 6.24. The van der Waals surface area contributed by atoms with E-state index in [4.69, 9.17) is 15.8 Å². The molecule has 82 valence electrons. The van der Waals surface area contributed by atoms with E-state index in [0.29, 0.717) is 6.17 Å². The maximum Gasteiger partial charge on any atom is 0.253 e. The van der Waals surface area contributed by atoms with Crippen molar-refractivity contribution in [2.75, 3.05) is 6.17 Å². The largest absolute Gasteiger partial charge is 0.343 e. The fourth-order valence-electron chi connectivity index (χ4n) is 1.68. The van der Waals surface area contributed by atoms with Gasteiger partial charge in [0.1, 0.15) is 11.8 Å². The van der Waals surface area contributed by atoms with Crippen LogP contribution in [0.15, 0.2) is 0 Å². The molecule has 14 heavy (non-hydrogen) atoms. The van der Waals surface area contributed by atoms with E-state index in [1.54, 1.807) is 11.8 Å². The lowest BCUT2D eigenvalue weighted by molar-refractivity contribution is -0.130. The van der Waals surface area contributed by atoms with E-state index in [-0.39, 0.29) is 12.0 Å². The van der Waals surface area contributed by atoms with Crippen molar-refractivity contribution in [2.24, 2.45) is 0 Å². The molecule has 1 aliphatic rings. The molecule has 0 N–H and O–H groups in total. The molecule has 1 rings (SSSR count). The summed E-state index contributed by atoms with van der Waals surface area (Å²) < 4.78 is 5.56. The van der Waals surface area contributed by atoms with E-state index in [9.17, 15) is 4.79 Å². The summed E-state index contributed by atoms with van der Waals surface area (Å²) in [6.45, 7) is 9.66. The standard InChI is InChI=1S/C9H18ClNO2Si/c1-7-8(12)11(6-14(4,5)10)9(2,3)13-7/h7H,6H2,1-5H3. The molecule has 1 aliphatic heterocycles. The van der Waals surface area contributed by atoms with Crippen molar-refractivity contribution in [3.63, 3.8) is 0 Å². The van der Waals surface area contributed by atoms with Crippen LogP contribution in [0.25, 0.3) is 0 Å². The average molecular weight is 236 g/mol. The van der Waals surface area contributed by atoms with Gasteiger partial charge in [-0.15, -0.1) is 0 Å². The Labute approximate surface area is 91.1 Å². The van der Waals surface area contributed by atoms with E-state index < -0.39 is 13.1 Å². The van der Waals surface area contributed by atoms with Crippen LogP contribution in [-0.2, 0) is 9.53 Å². The summed E-state index contributed by atoms with van der Waals surface area (Å²) in [4.78, 5) is 13.5. The van der Waals surface area contributed by atoms with Crippen LogP contribution in [0, 0.1) is 0 Å². The van der Waals surface area contributed by atoms with Crippen LogP contribution in [0.3, 0.4) is 0 Å². The van der Waals surface area contributed by atoms with Gasteiger partial charge in [0, 0.05) is 6.17 Å². The van der Waals surface area contributed by atoms with Gasteiger partial charge >= 0.3 is 0 Å². The molecule has 0 aromatic rings. The van der Waals surface area contributed by atoms with Crippen molar-refractivity contribution in [2.45, 2.75) is 45.7 Å². The number of carbonyl (C=O) groups excluding carboxylic acids is 1. The Kier molecular flexibility index (Phi) is 3.01. The van der Waals surface area contributed by atoms with Gasteiger partial charge in [-0.1, -0.05) is 13.1 Å². The molecular formula is C9H18ClNO2Si. The van der Waals surface area contributed by atoms with Gasteiger partial charge in [-0.25, -0.2) is 0 Å². The normalized spacial score (nSPS) is 27.1. The van der Waals surface area contributed by atoms with Gasteiger partial charge in [0.25, 0.3) is 5.91 Å². The van der Waals surface area contributed by atoms with E-state index >= 15 is 0 Å². The van der Waals surface area contributed by atoms with Crippen molar-refractivity contribution in [3.8, 4) is 0 Å². The summed E-state index contributed by atoms with van der Waals surface area (Å²) in [5, 5.41) is 0. The molecule has 0 saturated carbocycles. The lowest BCUT2D eigenvalue weighted by Crippen LogP contribution is -2.49. The molecule has 0 aliphatic carbocycles. The molecule has 5 heteroatoms. The zero-order chi connectivity index (χ0) is 11.1. The minimum atomic E-state index is -1.79. The summed E-state index contributed by atoms with van der Waals surface area (Å²) in [6, 6.07) is 0. The Balaban J connectivity index is 2.81. The van der Waals surface area contributed by atoms with Gasteiger partial charge in [-0.3, -0.25) is 4.79 Å². The summed E-state index contributed by atoms with van der Waals surface area (Å²) in [6.07, 6.45) is 0.308. The zero-order valence-electron chi connectivity index (χ0n) is 9.43. The first-order chi connectivity index (χ1) is 6.13. The Morgan fingerprint density at radius 2 is 2.07 bits per heavy atom. The molecule has 0 bridgehead atoms. The fourth-order valence-corrected chi connectivity index (χ4v) is 3.32. The van der Waals surface area contributed by atoms with Crippen LogP contribution in [0.1, 0.15) is 20.8 Å². The predicted molar refractivity (Wildman–Crippen MR) is 59.7 cm³/mol. The van der Waals surface area contributed by atoms with Crippen molar-refractivity contribution >= 4 is 24.4 Å². The molecule has 1 amide bonds. The Bertz CT molecular complexity index is 250. The van der Waals surface area contributed by atoms with E-state index in [1.807, 2.05) is 26.9 Å². The van der Waals surface area contributed by atoms with Crippen LogP contribution >= 0.6 is 11.1 Å². The van der Waals surface area contributed by atoms with E-state index in [2.05, 4.69) is 0 Å². The highest BCUT2D eigenvalue weighted by Gasteiger charge is 2.45. The second kappa shape index (κ2) is 3.50. The third kappa shape index (κ3) is 2.49. The lowest BCUT2D eigenvalue weighted by Gasteiger charge is -2.33. The third-order valence-electron chi connectivity index (χ3n) is 2.26. The summed E-state index contributed by atoms with van der Waals surface area (Å²) in [7, 11) is -1.79. The number of halogens is 1. The minimum Gasteiger partial charge on any atom is -0.343 e. The van der Waals surface area contributed by atoms with Crippen molar-refractivity contribution in [1.29, 1.82) is 0 Å². The van der Waals surface area contributed by atoms with Gasteiger partial charge in [0.15, 0.2) is 7.38 Å². The van der Waals surface area contributed by atoms with Gasteiger partial charge in [0.2, 0.25) is 0 Å². The molecule has 3 nitrogen and oxygen atoms in total. The third-order valence-corrected chi connectivity index (χ3v) is 3.69. The first kappa shape index (κ1) is 12.0. The van der Waals surface area contributed by atoms with Crippen molar-refractivity contribution in [3.05, 3.63) is 0 Å². The lowest BCUT2D eigenvalue weighted by atomic mass is 10.3. The molecule has 1 saturated heterocycles. The van der Waals surface area contributed by atoms with E-state index in [0.717, 1.165) is 0 Å². The molecule has 1 unspecified atom stereocenters. The summed E-state index contributed by atoms with van der Waals surface area (Å²) in [5.41, 5.74) is -0.504. The van der Waals surface area contributed by atoms with E-state index in [1.165, 1.54) is 0 Å². The Morgan fingerprint density at radius 3 is 2.36 bits per heavy atom. The van der Waals surface area contributed by atoms with Gasteiger partial charge in [-0.2, -0.15) is 11.1 Å². The molecule has 1 fully saturated rings. The molecule has 0 aromatic heterocycles. The number of hydrogen-bond acceptors (Lipinski definition) is 2. The maximum atomic E-state index is 11.8. The first-order valence-electron chi connectivity index (χ1n) is 4.82. The number of carbonyl (C=O) groups is 1. The van der Waals surface area contributed by atoms with Crippen LogP contribution in [-0.4, -0.2) is 36.2 Å². The highest BCUT2D eigenvalue weighted by atomic mass is 35.6. The fraction of sp³-hybridized carbons (Fsp3) is 0.889. The second-order valence-corrected chi connectivity index (χ2v) is 11.7. The topological polar surface area (TPSA) is 29.5 Å². The number of nitrogens with zero attached hydrogens (tertiary/aromatic N) is 1. The Morgan fingerprint density at radius 1 is 1.57 bits per heavy atom. The molecule has 1 atom stereocenters. The highest BCUT2D eigenvalue weighted by molar-refractivity contribution is 7.19. The number of rotatable bonds is 2. The van der Waals surface area contributed by atoms with Crippen LogP contribution < -0.4 is 0 Å². The monoisotopic (exact) mass is 235 g/mol. The quantitative estimate of drug-likeness (QED) is 0.541. The van der Waals surface area contributed by atoms with Gasteiger partial charge < -0.3 is 9.64 Å². The van der Waals surface area contributed by atoms with Crippen LogP contribution in [0.5, 0.6) is 0 Å². The number of ether oxygens (including phenoxy) is 1. The van der Waals surface area contributed by atoms with Crippen LogP contribution in [0.4, 0.5) is 0 Å². The average Bonchev–Trinajstić information content (AvgIpc) is 2.10. The van der Waals surface area contributed by atoms with Crippen molar-refractivity contribution in [1.82, 2.24) is 4.90 Å². The van der Waals surface area contributed by atoms with Crippen LogP contribution in [0.2, 0.25) is 13.1 Å². The minimum absolute atomic E-state index is 0.0521. The number of hydrogen-bond donors (Lipinski definition) is 0. The maximum absolute atomic E-state index is 11.8. The Hall–Kier alpha value is -0.0631. The number of amides is 1. The first-order valence-corrected chi connectivity index (χ1v) is 9.03. The second-order valence-electron chi connectivity index (χ2n) is 4.85. The molecule has 0 radical (unpaired) electrons. The van der Waals surface area contributed by atoms with Gasteiger partial charge in [0.05, 0.1) is 0 Å².